The molecule has 0 saturated carbocycles. The van der Waals surface area contributed by atoms with Gasteiger partial charge in [-0.3, -0.25) is 79.3 Å². The monoisotopic (exact) mass is 1680 g/mol. The summed E-state index contributed by atoms with van der Waals surface area (Å²) >= 11 is 0. The summed E-state index contributed by atoms with van der Waals surface area (Å²) in [6.07, 6.45) is 13.6. The van der Waals surface area contributed by atoms with E-state index in [1.54, 1.807) is 101 Å². The van der Waals surface area contributed by atoms with Gasteiger partial charge in [0.05, 0.1) is 97.8 Å². The van der Waals surface area contributed by atoms with Crippen LogP contribution >= 0.6 is 12.4 Å². The summed E-state index contributed by atoms with van der Waals surface area (Å²) in [4.78, 5) is 165. The first-order valence-electron chi connectivity index (χ1n) is 42.5. The molecule has 0 unspecified atom stereocenters. The summed E-state index contributed by atoms with van der Waals surface area (Å²) in [6.45, 7) is 29.8. The maximum absolute atomic E-state index is 14.5. The van der Waals surface area contributed by atoms with Crippen LogP contribution in [0, 0.1) is 59.2 Å². The number of likely N-dealkylation sites (N-methyl/N-ethyl adjacent to an activating group) is 3. The van der Waals surface area contributed by atoms with Crippen LogP contribution in [0.15, 0.2) is 73.3 Å². The van der Waals surface area contributed by atoms with E-state index < -0.39 is 72.1 Å². The van der Waals surface area contributed by atoms with Gasteiger partial charge in [-0.25, -0.2) is 5.90 Å². The molecule has 5 heterocycles. The van der Waals surface area contributed by atoms with Crippen molar-refractivity contribution in [3.05, 3.63) is 95.6 Å². The number of aryl methyl sites for hydroxylation is 2. The Hall–Kier alpha value is -6.93. The molecule has 0 radical (unpaired) electrons. The van der Waals surface area contributed by atoms with Crippen LogP contribution in [0.1, 0.15) is 219 Å². The third-order valence-electron chi connectivity index (χ3n) is 24.5. The van der Waals surface area contributed by atoms with E-state index in [1.807, 2.05) is 129 Å². The van der Waals surface area contributed by atoms with E-state index >= 15 is 0 Å². The van der Waals surface area contributed by atoms with Crippen LogP contribution in [0.5, 0.6) is 0 Å². The van der Waals surface area contributed by atoms with Crippen molar-refractivity contribution in [3.63, 3.8) is 0 Å². The number of carbonyl (C=O) groups excluding carboxylic acids is 10. The van der Waals surface area contributed by atoms with E-state index in [2.05, 4.69) is 40.8 Å². The van der Waals surface area contributed by atoms with Gasteiger partial charge in [0, 0.05) is 143 Å². The first-order valence-corrected chi connectivity index (χ1v) is 42.5. The molecule has 3 aromatic rings. The maximum Gasteiger partial charge on any atom is 0.285 e. The molecule has 2 saturated heterocycles. The van der Waals surface area contributed by atoms with E-state index in [4.69, 9.17) is 34.5 Å². The predicted octanol–water partition coefficient (Wildman–Crippen LogP) is 10.2. The number of aromatic nitrogens is 2. The van der Waals surface area contributed by atoms with Crippen molar-refractivity contribution in [2.45, 2.75) is 260 Å². The Labute approximate surface area is 710 Å². The number of pyridine rings is 2. The average Bonchev–Trinajstić information content (AvgIpc) is 1.63. The lowest BCUT2D eigenvalue weighted by Crippen LogP contribution is -2.54. The summed E-state index contributed by atoms with van der Waals surface area (Å²) in [5, 5.41) is 3.99. The molecule has 29 heteroatoms. The highest BCUT2D eigenvalue weighted by Gasteiger charge is 2.47. The molecule has 118 heavy (non-hydrogen) atoms. The molecule has 6 amide bonds. The second-order valence-corrected chi connectivity index (χ2v) is 33.6. The number of hydrazine groups is 1. The Morgan fingerprint density at radius 2 is 0.932 bits per heavy atom. The molecule has 7 N–H and O–H groups in total. The van der Waals surface area contributed by atoms with E-state index in [0.717, 1.165) is 80.4 Å². The zero-order chi connectivity index (χ0) is 87.5. The highest BCUT2D eigenvalue weighted by Crippen LogP contribution is 2.35. The minimum Gasteiger partial charge on any atom is -0.379 e. The molecule has 2 aromatic heterocycles. The Morgan fingerprint density at radius 3 is 1.28 bits per heavy atom. The third kappa shape index (κ3) is 29.7. The van der Waals surface area contributed by atoms with E-state index in [-0.39, 0.29) is 169 Å². The number of ketones is 4. The Kier molecular flexibility index (Phi) is 48.0. The van der Waals surface area contributed by atoms with Crippen molar-refractivity contribution in [2.24, 2.45) is 76.8 Å². The van der Waals surface area contributed by atoms with Crippen LogP contribution in [0.2, 0.25) is 0 Å². The number of hydroxylamine groups is 2. The summed E-state index contributed by atoms with van der Waals surface area (Å²) in [5.41, 5.74) is 2.86. The number of likely N-dealkylation sites (tertiary alicyclic amines) is 2. The Morgan fingerprint density at radius 1 is 0.534 bits per heavy atom. The van der Waals surface area contributed by atoms with Gasteiger partial charge in [0.15, 0.2) is 11.6 Å². The van der Waals surface area contributed by atoms with E-state index in [0.29, 0.717) is 39.1 Å². The Balaban J connectivity index is 0.000000600. The number of imide groups is 1. The summed E-state index contributed by atoms with van der Waals surface area (Å²) < 4.78 is 24.1. The summed E-state index contributed by atoms with van der Waals surface area (Å²) in [5.74, 6) is 9.50. The van der Waals surface area contributed by atoms with Crippen molar-refractivity contribution in [2.75, 3.05) is 89.0 Å². The minimum atomic E-state index is -0.640. The predicted molar refractivity (Wildman–Crippen MR) is 459 cm³/mol. The second-order valence-electron chi connectivity index (χ2n) is 33.6. The van der Waals surface area contributed by atoms with Crippen molar-refractivity contribution in [3.8, 4) is 0 Å². The molecule has 0 spiro atoms. The second kappa shape index (κ2) is 53.8. The number of methoxy groups -OCH3 is 4. The van der Waals surface area contributed by atoms with E-state index in [9.17, 15) is 47.9 Å². The highest BCUT2D eigenvalue weighted by molar-refractivity contribution is 6.20. The van der Waals surface area contributed by atoms with Gasteiger partial charge in [-0.1, -0.05) is 122 Å². The molecule has 28 nitrogen and oxygen atoms in total. The number of carbonyl (C=O) groups is 10. The number of hydrogen-bond donors (Lipinski definition) is 4. The lowest BCUT2D eigenvalue weighted by atomic mass is 9.83. The highest BCUT2D eigenvalue weighted by atomic mass is 35.5. The number of rotatable bonds is 51. The fourth-order valence-corrected chi connectivity index (χ4v) is 17.4. The number of Topliss-reactive ketones (excluding diaryl/α,β-unsaturated/α-hetero) is 4. The smallest absolute Gasteiger partial charge is 0.285 e. The topological polar surface area (TPSA) is 361 Å². The molecule has 6 rings (SSSR count). The van der Waals surface area contributed by atoms with Crippen molar-refractivity contribution < 1.29 is 76.6 Å². The fraction of sp³-hybridized carbons (Fsp3) is 0.708. The van der Waals surface area contributed by atoms with Crippen LogP contribution in [0.3, 0.4) is 0 Å². The number of nitrogens with two attached hydrogens (primary N) is 3. The van der Waals surface area contributed by atoms with Gasteiger partial charge in [0.25, 0.3) is 11.8 Å². The minimum absolute atomic E-state index is 0. The van der Waals surface area contributed by atoms with Crippen LogP contribution in [0.4, 0.5) is 0 Å². The quantitative estimate of drug-likeness (QED) is 0.0177. The average molecular weight is 1680 g/mol. The molecule has 666 valence electrons. The van der Waals surface area contributed by atoms with Crippen molar-refractivity contribution >= 4 is 71.0 Å². The van der Waals surface area contributed by atoms with Crippen LogP contribution < -0.4 is 22.9 Å². The lowest BCUT2D eigenvalue weighted by Gasteiger charge is -2.41. The van der Waals surface area contributed by atoms with Crippen molar-refractivity contribution in [1.29, 1.82) is 0 Å². The first kappa shape index (κ1) is 105. The van der Waals surface area contributed by atoms with Gasteiger partial charge in [-0.2, -0.15) is 0 Å². The number of nitrogens with one attached hydrogen (secondary N) is 1. The number of nitrogens with zero attached hydrogens (tertiary/aromatic N) is 8. The molecule has 0 bridgehead atoms. The van der Waals surface area contributed by atoms with Gasteiger partial charge in [-0.15, -0.1) is 17.5 Å². The summed E-state index contributed by atoms with van der Waals surface area (Å²) in [7, 11) is 11.8. The normalized spacial score (nSPS) is 18.3. The van der Waals surface area contributed by atoms with Gasteiger partial charge < -0.3 is 48.7 Å². The number of benzene rings is 1. The lowest BCUT2D eigenvalue weighted by molar-refractivity contribution is -0.149. The molecular formula is C89H147ClN12O16. The number of ether oxygens (including phenoxy) is 4. The molecule has 2 fully saturated rings. The number of halogens is 1. The number of hydrogen-bond acceptors (Lipinski definition) is 23. The molecule has 16 atom stereocenters. The number of fused-ring (bicyclic) bond motifs is 1. The molecule has 0 aliphatic carbocycles. The maximum atomic E-state index is 14.5. The third-order valence-corrected chi connectivity index (χ3v) is 24.5. The van der Waals surface area contributed by atoms with Crippen LogP contribution in [-0.2, 0) is 79.8 Å². The van der Waals surface area contributed by atoms with Crippen LogP contribution in [0.25, 0.3) is 0 Å². The SMILES string of the molecule is CC[C@H](C)[C@@H]([C@@H](CC(=O)N1CCC[C@H]1[C@H](OC)[C@@H](C)C(=O)CCCc1ccncc1)OC)N(C)C(=O)[C@@H](CC(=O)[C@@H](NCCON1C(=O)c2ccccc2C1=O)C(C)C)C(C)C.CC[C@H](C)[C@@H]([C@@H](CC(=O)N1CCC[C@H]1[C@H](OC)[C@@H](C)C(=O)CCCc1ccncc1)OC)N(C)C(=O)[C@@H](CC(=O)[C@H](C(C)C)N(C)CCON)C(C)C.Cl.NN. The molecule has 3 aliphatic heterocycles. The standard InChI is InChI=1S/C48H71N5O9.C41H71N5O7.ClH.H4N2/c1-11-32(6)44(41(60-9)29-42(56)52-26-15-19-38(52)45(61-10)33(7)39(54)20-14-16-34-21-23-49-24-22-34)51(8)46(57)37(30(2)3)28-40(55)43(31(4)5)50-25-27-62-53-47(58)35-17-12-13-18-36(35)48(53)59;1-12-29(6)39(45(9)41(50)32(27(2)3)25-35(48)38(28(4)5)44(8)23-24-53-42)36(51-10)26-37(49)46-22-14-16-33(46)40(52-11)30(7)34(47)17-13-15-31-18-20-43-21-19-31;;1-2/h12-13,17-18,21-24,30-33,37-38,41,43-45,50H,11,14-16,19-20,25-29H2,1-10H3;18-21,27-30,32-33,36,38-40H,12-17,22-26,42H2,1-11H3;1H;1-2H2/t32-,33-,37-,38-,41+,43-,44-,45+;29-,30-,32-,33-,36+,38-,39-,40+;;/m00../s1. The first-order chi connectivity index (χ1) is 55.7. The van der Waals surface area contributed by atoms with Gasteiger partial charge >= 0.3 is 0 Å². The van der Waals surface area contributed by atoms with Gasteiger partial charge in [0.2, 0.25) is 23.6 Å². The zero-order valence-corrected chi connectivity index (χ0v) is 75.6. The Bertz CT molecular complexity index is 3510. The van der Waals surface area contributed by atoms with Gasteiger partial charge in [-0.05, 0) is 141 Å². The summed E-state index contributed by atoms with van der Waals surface area (Å²) in [6, 6.07) is 12.0. The number of amides is 6. The van der Waals surface area contributed by atoms with Gasteiger partial charge in [0.1, 0.15) is 11.6 Å². The molecule has 1 aromatic carbocycles. The molecule has 3 aliphatic rings. The van der Waals surface area contributed by atoms with Crippen molar-refractivity contribution in [1.82, 2.24) is 44.8 Å². The fourth-order valence-electron chi connectivity index (χ4n) is 17.4. The van der Waals surface area contributed by atoms with E-state index in [1.165, 1.54) is 0 Å². The van der Waals surface area contributed by atoms with Crippen LogP contribution in [-0.4, -0.2) is 248 Å². The zero-order valence-electron chi connectivity index (χ0n) is 74.8. The largest absolute Gasteiger partial charge is 0.379 e. The molecular weight excluding hydrogens is 1530 g/mol.